The van der Waals surface area contributed by atoms with E-state index in [4.69, 9.17) is 0 Å². The quantitative estimate of drug-likeness (QED) is 0.576. The van der Waals surface area contributed by atoms with Gasteiger partial charge >= 0.3 is 0 Å². The number of hydrogen-bond acceptors (Lipinski definition) is 3. The van der Waals surface area contributed by atoms with Crippen LogP contribution in [0.1, 0.15) is 10.4 Å². The molecule has 0 bridgehead atoms. The minimum absolute atomic E-state index is 0.0497. The smallest absolute Gasteiger partial charge is 0.188 e. The zero-order valence-corrected chi connectivity index (χ0v) is 10.0. The van der Waals surface area contributed by atoms with Gasteiger partial charge in [-0.2, -0.15) is 0 Å². The van der Waals surface area contributed by atoms with Gasteiger partial charge in [0.25, 0.3) is 0 Å². The first-order valence-electron chi connectivity index (χ1n) is 4.67. The van der Waals surface area contributed by atoms with Crippen molar-refractivity contribution in [1.82, 2.24) is 4.90 Å². The van der Waals surface area contributed by atoms with E-state index in [9.17, 15) is 4.79 Å². The molecule has 0 aliphatic rings. The molecule has 1 aromatic carbocycles. The van der Waals surface area contributed by atoms with E-state index in [2.05, 4.69) is 0 Å². The van der Waals surface area contributed by atoms with Crippen LogP contribution in [-0.2, 0) is 0 Å². The van der Waals surface area contributed by atoms with Crippen LogP contribution < -0.4 is 0 Å². The molecule has 2 nitrogen and oxygen atoms in total. The first-order chi connectivity index (χ1) is 7.15. The second kappa shape index (κ2) is 5.61. The Morgan fingerprint density at radius 2 is 1.87 bits per heavy atom. The fraction of sp³-hybridized carbons (Fsp3) is 0.250. The van der Waals surface area contributed by atoms with E-state index in [1.54, 1.807) is 17.8 Å². The lowest BCUT2D eigenvalue weighted by molar-refractivity contribution is 0.104. The molecule has 15 heavy (non-hydrogen) atoms. The standard InChI is InChI=1S/C12H15NOS/c1-13(2)12(15-3)9-11(14)10-7-5-4-6-8-10/h4-9H,1-3H3/b12-9-. The van der Waals surface area contributed by atoms with Gasteiger partial charge in [-0.15, -0.1) is 11.8 Å². The normalized spacial score (nSPS) is 11.3. The van der Waals surface area contributed by atoms with Gasteiger partial charge in [-0.05, 0) is 6.26 Å². The lowest BCUT2D eigenvalue weighted by atomic mass is 10.1. The second-order valence-corrected chi connectivity index (χ2v) is 4.14. The first-order valence-corrected chi connectivity index (χ1v) is 5.90. The maximum Gasteiger partial charge on any atom is 0.188 e. The summed E-state index contributed by atoms with van der Waals surface area (Å²) in [5.74, 6) is 0.0497. The Kier molecular flexibility index (Phi) is 4.43. The second-order valence-electron chi connectivity index (χ2n) is 3.31. The predicted octanol–water partition coefficient (Wildman–Crippen LogP) is 2.64. The van der Waals surface area contributed by atoms with Crippen LogP contribution in [0.15, 0.2) is 41.4 Å². The Morgan fingerprint density at radius 1 is 1.27 bits per heavy atom. The van der Waals surface area contributed by atoms with E-state index in [1.807, 2.05) is 55.6 Å². The fourth-order valence-electron chi connectivity index (χ4n) is 1.17. The molecule has 0 atom stereocenters. The Morgan fingerprint density at radius 3 is 2.33 bits per heavy atom. The highest BCUT2D eigenvalue weighted by Crippen LogP contribution is 2.15. The molecule has 0 amide bonds. The summed E-state index contributed by atoms with van der Waals surface area (Å²) in [6.45, 7) is 0. The van der Waals surface area contributed by atoms with Gasteiger partial charge in [0.15, 0.2) is 5.78 Å². The van der Waals surface area contributed by atoms with E-state index < -0.39 is 0 Å². The number of hydrogen-bond donors (Lipinski definition) is 0. The Bertz CT molecular complexity index is 357. The SMILES string of the molecule is CS/C(=C\C(=O)c1ccccc1)N(C)C. The van der Waals surface area contributed by atoms with Gasteiger partial charge in [-0.25, -0.2) is 0 Å². The van der Waals surface area contributed by atoms with E-state index in [-0.39, 0.29) is 5.78 Å². The Labute approximate surface area is 95.0 Å². The van der Waals surface area contributed by atoms with Gasteiger partial charge in [0, 0.05) is 25.7 Å². The lowest BCUT2D eigenvalue weighted by Gasteiger charge is -2.13. The summed E-state index contributed by atoms with van der Waals surface area (Å²) < 4.78 is 0. The molecule has 80 valence electrons. The van der Waals surface area contributed by atoms with Crippen LogP contribution in [-0.4, -0.2) is 31.0 Å². The molecule has 3 heteroatoms. The molecule has 0 aromatic heterocycles. The van der Waals surface area contributed by atoms with Gasteiger partial charge < -0.3 is 4.90 Å². The van der Waals surface area contributed by atoms with Crippen molar-refractivity contribution in [1.29, 1.82) is 0 Å². The van der Waals surface area contributed by atoms with Crippen LogP contribution in [0.25, 0.3) is 0 Å². The Balaban J connectivity index is 2.87. The molecule has 0 unspecified atom stereocenters. The third kappa shape index (κ3) is 3.44. The van der Waals surface area contributed by atoms with Crippen molar-refractivity contribution in [2.75, 3.05) is 20.4 Å². The molecule has 0 fully saturated rings. The van der Waals surface area contributed by atoms with Crippen molar-refractivity contribution in [2.45, 2.75) is 0 Å². The molecule has 0 spiro atoms. The topological polar surface area (TPSA) is 20.3 Å². The molecule has 0 aliphatic carbocycles. The van der Waals surface area contributed by atoms with Gasteiger partial charge in [-0.1, -0.05) is 30.3 Å². The van der Waals surface area contributed by atoms with Gasteiger partial charge in [0.1, 0.15) is 0 Å². The minimum Gasteiger partial charge on any atom is -0.372 e. The zero-order chi connectivity index (χ0) is 11.3. The number of nitrogens with zero attached hydrogens (tertiary/aromatic N) is 1. The van der Waals surface area contributed by atoms with Crippen LogP contribution in [0.5, 0.6) is 0 Å². The van der Waals surface area contributed by atoms with Crippen molar-refractivity contribution in [3.05, 3.63) is 47.0 Å². The zero-order valence-electron chi connectivity index (χ0n) is 9.23. The summed E-state index contributed by atoms with van der Waals surface area (Å²) >= 11 is 1.57. The van der Waals surface area contributed by atoms with Crippen molar-refractivity contribution in [3.8, 4) is 0 Å². The minimum atomic E-state index is 0.0497. The van der Waals surface area contributed by atoms with Crippen LogP contribution in [0.4, 0.5) is 0 Å². The lowest BCUT2D eigenvalue weighted by Crippen LogP contribution is -2.10. The summed E-state index contributed by atoms with van der Waals surface area (Å²) in [6.07, 6.45) is 3.63. The maximum absolute atomic E-state index is 11.8. The summed E-state index contributed by atoms with van der Waals surface area (Å²) in [5, 5.41) is 0.962. The average molecular weight is 221 g/mol. The summed E-state index contributed by atoms with van der Waals surface area (Å²) in [6, 6.07) is 9.30. The summed E-state index contributed by atoms with van der Waals surface area (Å²) in [5.41, 5.74) is 0.728. The molecule has 1 rings (SSSR count). The summed E-state index contributed by atoms with van der Waals surface area (Å²) in [7, 11) is 3.86. The molecule has 0 aliphatic heterocycles. The van der Waals surface area contributed by atoms with Crippen molar-refractivity contribution in [2.24, 2.45) is 0 Å². The van der Waals surface area contributed by atoms with Crippen molar-refractivity contribution >= 4 is 17.5 Å². The molecule has 0 heterocycles. The van der Waals surface area contributed by atoms with Crippen LogP contribution in [0, 0.1) is 0 Å². The molecular formula is C12H15NOS. The largest absolute Gasteiger partial charge is 0.372 e. The van der Waals surface area contributed by atoms with Crippen LogP contribution in [0.2, 0.25) is 0 Å². The molecule has 1 aromatic rings. The Hall–Kier alpha value is -1.22. The third-order valence-corrected chi connectivity index (χ3v) is 2.86. The highest BCUT2D eigenvalue weighted by Gasteiger charge is 2.04. The number of thioether (sulfide) groups is 1. The number of allylic oxidation sites excluding steroid dienone is 1. The van der Waals surface area contributed by atoms with E-state index in [0.29, 0.717) is 0 Å². The number of carbonyl (C=O) groups is 1. The number of carbonyl (C=O) groups excluding carboxylic acids is 1. The van der Waals surface area contributed by atoms with E-state index >= 15 is 0 Å². The average Bonchev–Trinajstić information content (AvgIpc) is 2.26. The molecule has 0 radical (unpaired) electrons. The molecule has 0 saturated heterocycles. The van der Waals surface area contributed by atoms with Gasteiger partial charge in [0.2, 0.25) is 0 Å². The first kappa shape index (κ1) is 11.9. The number of benzene rings is 1. The predicted molar refractivity (Wildman–Crippen MR) is 66.1 cm³/mol. The number of rotatable bonds is 4. The maximum atomic E-state index is 11.8. The molecular weight excluding hydrogens is 206 g/mol. The van der Waals surface area contributed by atoms with Crippen molar-refractivity contribution in [3.63, 3.8) is 0 Å². The van der Waals surface area contributed by atoms with Crippen molar-refractivity contribution < 1.29 is 4.79 Å². The summed E-state index contributed by atoms with van der Waals surface area (Å²) in [4.78, 5) is 13.7. The highest BCUT2D eigenvalue weighted by molar-refractivity contribution is 8.02. The van der Waals surface area contributed by atoms with Gasteiger partial charge in [-0.3, -0.25) is 4.79 Å². The highest BCUT2D eigenvalue weighted by atomic mass is 32.2. The third-order valence-electron chi connectivity index (χ3n) is 1.96. The van der Waals surface area contributed by atoms with E-state index in [1.165, 1.54) is 0 Å². The van der Waals surface area contributed by atoms with Crippen LogP contribution >= 0.6 is 11.8 Å². The number of ketones is 1. The molecule has 0 N–H and O–H groups in total. The fourth-order valence-corrected chi connectivity index (χ4v) is 1.76. The monoisotopic (exact) mass is 221 g/mol. The van der Waals surface area contributed by atoms with Gasteiger partial charge in [0.05, 0.1) is 5.03 Å². The van der Waals surface area contributed by atoms with E-state index in [0.717, 1.165) is 10.6 Å². The van der Waals surface area contributed by atoms with Crippen LogP contribution in [0.3, 0.4) is 0 Å². The molecule has 0 saturated carbocycles.